The molecule has 9 nitrogen and oxygen atoms in total. The van der Waals surface area contributed by atoms with Crippen LogP contribution in [0.25, 0.3) is 0 Å². The van der Waals surface area contributed by atoms with E-state index < -0.39 is 20.0 Å². The van der Waals surface area contributed by atoms with E-state index in [1.165, 1.54) is 199 Å². The lowest BCUT2D eigenvalue weighted by Gasteiger charge is -2.27. The summed E-state index contributed by atoms with van der Waals surface area (Å²) < 4.78 is 30.8. The molecule has 3 atom stereocenters. The molecule has 0 aromatic rings. The molecule has 0 bridgehead atoms. The smallest absolute Gasteiger partial charge is 0.456 e. The van der Waals surface area contributed by atoms with Crippen molar-refractivity contribution in [2.75, 3.05) is 40.9 Å². The van der Waals surface area contributed by atoms with E-state index in [-0.39, 0.29) is 25.1 Å². The maximum absolute atomic E-state index is 13.6. The number of rotatable bonds is 65. The van der Waals surface area contributed by atoms with E-state index >= 15 is 0 Å². The number of hydrogen-bond acceptors (Lipinski definition) is 6. The van der Waals surface area contributed by atoms with Gasteiger partial charge in [-0.1, -0.05) is 319 Å². The van der Waals surface area contributed by atoms with Gasteiger partial charge in [0.25, 0.3) is 0 Å². The number of nitrogens with zero attached hydrogens (tertiary/aromatic N) is 1. The van der Waals surface area contributed by atoms with Crippen LogP contribution < -0.4 is 5.32 Å². The fourth-order valence-electron chi connectivity index (χ4n) is 10.4. The molecule has 3 unspecified atom stereocenters. The van der Waals surface area contributed by atoms with Crippen LogP contribution in [0.2, 0.25) is 0 Å². The first-order valence-corrected chi connectivity index (χ1v) is 37.3. The van der Waals surface area contributed by atoms with Gasteiger partial charge in [0, 0.05) is 12.8 Å². The molecule has 1 amide bonds. The predicted molar refractivity (Wildman–Crippen MR) is 365 cm³/mol. The fraction of sp³-hybridized carbons (Fsp3) is 0.811. The normalized spacial score (nSPS) is 13.9. The minimum atomic E-state index is -4.46. The summed E-state index contributed by atoms with van der Waals surface area (Å²) in [6, 6.07) is -0.853. The first-order chi connectivity index (χ1) is 40.9. The number of carbonyl (C=O) groups is 2. The number of esters is 1. The zero-order valence-electron chi connectivity index (χ0n) is 56.1. The van der Waals surface area contributed by atoms with Crippen LogP contribution in [-0.2, 0) is 27.9 Å². The van der Waals surface area contributed by atoms with Crippen LogP contribution in [0.3, 0.4) is 0 Å². The fourth-order valence-corrected chi connectivity index (χ4v) is 11.2. The quantitative estimate of drug-likeness (QED) is 0.0205. The number of quaternary nitrogens is 1. The van der Waals surface area contributed by atoms with E-state index in [1.807, 2.05) is 33.3 Å². The molecular formula is C74H138N2O7P+. The van der Waals surface area contributed by atoms with Crippen molar-refractivity contribution in [1.82, 2.24) is 5.32 Å². The molecule has 490 valence electrons. The zero-order chi connectivity index (χ0) is 61.4. The number of likely N-dealkylation sites (N-methyl/N-ethyl adjacent to an activating group) is 1. The molecule has 10 heteroatoms. The summed E-state index contributed by atoms with van der Waals surface area (Å²) >= 11 is 0. The lowest BCUT2D eigenvalue weighted by molar-refractivity contribution is -0.870. The third kappa shape index (κ3) is 63.9. The largest absolute Gasteiger partial charge is 0.472 e. The van der Waals surface area contributed by atoms with Gasteiger partial charge in [0.15, 0.2) is 0 Å². The highest BCUT2D eigenvalue weighted by Crippen LogP contribution is 2.43. The summed E-state index contributed by atoms with van der Waals surface area (Å²) in [6.45, 7) is 6.94. The van der Waals surface area contributed by atoms with Crippen molar-refractivity contribution in [3.05, 3.63) is 72.9 Å². The molecule has 2 N–H and O–H groups in total. The number of allylic oxidation sites excluding steroid dienone is 11. The Labute approximate surface area is 521 Å². The molecule has 0 fully saturated rings. The Morgan fingerprint density at radius 3 is 1.14 bits per heavy atom. The number of carbonyl (C=O) groups excluding carboxylic acids is 2. The molecular weight excluding hydrogens is 1060 g/mol. The highest BCUT2D eigenvalue weighted by Gasteiger charge is 2.30. The van der Waals surface area contributed by atoms with Crippen LogP contribution in [0.1, 0.15) is 335 Å². The Morgan fingerprint density at radius 2 is 0.762 bits per heavy atom. The van der Waals surface area contributed by atoms with Gasteiger partial charge in [0.05, 0.1) is 33.8 Å². The van der Waals surface area contributed by atoms with Crippen molar-refractivity contribution < 1.29 is 37.3 Å². The third-order valence-electron chi connectivity index (χ3n) is 15.9. The second kappa shape index (κ2) is 63.5. The van der Waals surface area contributed by atoms with Crippen LogP contribution in [0.4, 0.5) is 0 Å². The van der Waals surface area contributed by atoms with E-state index in [9.17, 15) is 19.0 Å². The van der Waals surface area contributed by atoms with Crippen LogP contribution >= 0.6 is 7.82 Å². The maximum Gasteiger partial charge on any atom is 0.472 e. The molecule has 84 heavy (non-hydrogen) atoms. The Hall–Kier alpha value is -2.55. The van der Waals surface area contributed by atoms with E-state index in [0.717, 1.165) is 103 Å². The summed E-state index contributed by atoms with van der Waals surface area (Å²) in [5.74, 6) is -0.499. The SMILES string of the molecule is CC/C=C\C/C=C\C/C=C\C/C=C\C/C=C\CCCCCCCCCCCC(=O)NC(COP(=O)(O)OCC[N+](C)(C)C)C(/C=C/CCCCCCCCCCCC)OC(=O)CCCCCCCCCCCCCCCCCCCCCCC. The maximum atomic E-state index is 13.6. The third-order valence-corrected chi connectivity index (χ3v) is 16.9. The summed E-state index contributed by atoms with van der Waals surface area (Å²) in [5, 5.41) is 3.07. The molecule has 0 heterocycles. The molecule has 0 aliphatic rings. The Balaban J connectivity index is 5.07. The van der Waals surface area contributed by atoms with Crippen molar-refractivity contribution >= 4 is 19.7 Å². The molecule has 0 saturated heterocycles. The Kier molecular flexibility index (Phi) is 61.5. The van der Waals surface area contributed by atoms with Gasteiger partial charge in [-0.3, -0.25) is 18.6 Å². The second-order valence-corrected chi connectivity index (χ2v) is 26.8. The van der Waals surface area contributed by atoms with Crippen LogP contribution in [-0.4, -0.2) is 74.3 Å². The molecule has 0 aromatic carbocycles. The number of phosphoric acid groups is 1. The molecule has 0 rings (SSSR count). The first-order valence-electron chi connectivity index (χ1n) is 35.8. The van der Waals surface area contributed by atoms with Gasteiger partial charge in [-0.2, -0.15) is 0 Å². The van der Waals surface area contributed by atoms with E-state index in [2.05, 4.69) is 86.8 Å². The van der Waals surface area contributed by atoms with Crippen molar-refractivity contribution in [1.29, 1.82) is 0 Å². The molecule has 0 spiro atoms. The molecule has 0 radical (unpaired) electrons. The van der Waals surface area contributed by atoms with Gasteiger partial charge in [-0.15, -0.1) is 0 Å². The van der Waals surface area contributed by atoms with Crippen LogP contribution in [0.15, 0.2) is 72.9 Å². The Bertz CT molecular complexity index is 1670. The van der Waals surface area contributed by atoms with Crippen LogP contribution in [0, 0.1) is 0 Å². The minimum Gasteiger partial charge on any atom is -0.456 e. The topological polar surface area (TPSA) is 111 Å². The van der Waals surface area contributed by atoms with E-state index in [1.54, 1.807) is 0 Å². The van der Waals surface area contributed by atoms with Crippen molar-refractivity contribution in [2.24, 2.45) is 0 Å². The second-order valence-electron chi connectivity index (χ2n) is 25.4. The lowest BCUT2D eigenvalue weighted by Crippen LogP contribution is -2.47. The molecule has 0 saturated carbocycles. The minimum absolute atomic E-state index is 0.0385. The highest BCUT2D eigenvalue weighted by molar-refractivity contribution is 7.47. The van der Waals surface area contributed by atoms with Gasteiger partial charge < -0.3 is 19.4 Å². The standard InChI is InChI=1S/C74H137N2O7P/c1-7-10-13-16-19-22-25-28-30-32-34-36-37-38-39-41-42-44-46-48-51-54-57-60-63-66-73(77)75-71(70-82-84(79,80)81-69-68-76(4,5)6)72(65-62-59-56-53-50-27-24-21-18-15-12-9-3)83-74(78)67-64-61-58-55-52-49-47-45-43-40-35-33-31-29-26-23-20-17-14-11-8-2/h10,13,19,22,28,30,34,36,38-39,62,65,71-72H,7-9,11-12,14-18,20-21,23-27,29,31-33,35,37,40-61,63-64,66-70H2,1-6H3,(H-,75,77,79,80)/p+1/b13-10-,22-19-,30-28-,36-34-,39-38-,65-62+. The predicted octanol–water partition coefficient (Wildman–Crippen LogP) is 22.7. The summed E-state index contributed by atoms with van der Waals surface area (Å²) in [7, 11) is 1.50. The lowest BCUT2D eigenvalue weighted by atomic mass is 10.0. The van der Waals surface area contributed by atoms with E-state index in [0.29, 0.717) is 23.9 Å². The molecule has 0 aromatic heterocycles. The van der Waals surface area contributed by atoms with Gasteiger partial charge in [-0.25, -0.2) is 4.57 Å². The molecule has 0 aliphatic carbocycles. The van der Waals surface area contributed by atoms with Crippen molar-refractivity contribution in [3.8, 4) is 0 Å². The highest BCUT2D eigenvalue weighted by atomic mass is 31.2. The number of ether oxygens (including phenoxy) is 1. The zero-order valence-corrected chi connectivity index (χ0v) is 57.0. The number of hydrogen-bond donors (Lipinski definition) is 2. The number of unbranched alkanes of at least 4 members (excludes halogenated alkanes) is 39. The average molecular weight is 1200 g/mol. The monoisotopic (exact) mass is 1200 g/mol. The van der Waals surface area contributed by atoms with Gasteiger partial charge in [-0.05, 0) is 76.7 Å². The van der Waals surface area contributed by atoms with E-state index in [4.69, 9.17) is 13.8 Å². The number of nitrogens with one attached hydrogen (secondary N) is 1. The van der Waals surface area contributed by atoms with Gasteiger partial charge >= 0.3 is 13.8 Å². The number of amides is 1. The van der Waals surface area contributed by atoms with Crippen LogP contribution in [0.5, 0.6) is 0 Å². The summed E-state index contributed by atoms with van der Waals surface area (Å²) in [4.78, 5) is 37.9. The summed E-state index contributed by atoms with van der Waals surface area (Å²) in [5.41, 5.74) is 0. The first kappa shape index (κ1) is 81.5. The summed E-state index contributed by atoms with van der Waals surface area (Å²) in [6.07, 6.45) is 83.4. The van der Waals surface area contributed by atoms with Gasteiger partial charge in [0.2, 0.25) is 5.91 Å². The Morgan fingerprint density at radius 1 is 0.429 bits per heavy atom. The van der Waals surface area contributed by atoms with Crippen molar-refractivity contribution in [3.63, 3.8) is 0 Å². The van der Waals surface area contributed by atoms with Gasteiger partial charge in [0.1, 0.15) is 19.3 Å². The average Bonchev–Trinajstić information content (AvgIpc) is 3.64. The molecule has 0 aliphatic heterocycles. The van der Waals surface area contributed by atoms with Crippen molar-refractivity contribution in [2.45, 2.75) is 348 Å². The number of phosphoric ester groups is 1.